The summed E-state index contributed by atoms with van der Waals surface area (Å²) in [6.07, 6.45) is 6.89. The average molecular weight is 613 g/mol. The van der Waals surface area contributed by atoms with Crippen LogP contribution in [0, 0.1) is 11.8 Å². The zero-order valence-electron chi connectivity index (χ0n) is 27.1. The van der Waals surface area contributed by atoms with Crippen LogP contribution >= 0.6 is 11.8 Å². The second-order valence-electron chi connectivity index (χ2n) is 12.9. The van der Waals surface area contributed by atoms with Crippen molar-refractivity contribution in [2.24, 2.45) is 0 Å². The molecule has 0 radical (unpaired) electrons. The van der Waals surface area contributed by atoms with Gasteiger partial charge in [0.2, 0.25) is 0 Å². The van der Waals surface area contributed by atoms with Gasteiger partial charge in [-0.15, -0.1) is 17.7 Å². The lowest BCUT2D eigenvalue weighted by Crippen LogP contribution is -2.40. The van der Waals surface area contributed by atoms with Crippen LogP contribution in [0.1, 0.15) is 83.3 Å². The van der Waals surface area contributed by atoms with E-state index >= 15 is 0 Å². The molecule has 0 N–H and O–H groups in total. The van der Waals surface area contributed by atoms with E-state index in [2.05, 4.69) is 76.9 Å². The number of rotatable bonds is 15. The lowest BCUT2D eigenvalue weighted by atomic mass is 9.70. The van der Waals surface area contributed by atoms with Gasteiger partial charge in [0, 0.05) is 43.3 Å². The highest BCUT2D eigenvalue weighted by molar-refractivity contribution is 7.99. The van der Waals surface area contributed by atoms with Gasteiger partial charge in [-0.25, -0.2) is 0 Å². The molecule has 232 valence electrons. The Morgan fingerprint density at radius 1 is 0.881 bits per heavy atom. The Bertz CT molecular complexity index is 1160. The summed E-state index contributed by atoms with van der Waals surface area (Å²) in [5, 5.41) is 0.279. The van der Waals surface area contributed by atoms with E-state index in [1.165, 1.54) is 35.3 Å². The van der Waals surface area contributed by atoms with Crippen molar-refractivity contribution in [3.05, 3.63) is 53.6 Å². The molecule has 0 aliphatic carbocycles. The normalized spacial score (nSPS) is 18.6. The van der Waals surface area contributed by atoms with Gasteiger partial charge in [0.25, 0.3) is 0 Å². The number of benzene rings is 2. The first kappa shape index (κ1) is 34.5. The molecule has 2 unspecified atom stereocenters. The number of hydrogen-bond donors (Lipinski definition) is 0. The van der Waals surface area contributed by atoms with Gasteiger partial charge in [-0.2, -0.15) is 0 Å². The minimum Gasteiger partial charge on any atom is -0.468 e. The molecule has 1 heterocycles. The standard InChI is InChI=1S/C35H52O5SSi/c1-34(2,3)42(7,8)40-23-15-13-11-9-10-12-14-16-32-31-22-21-30(39-27-37-6)24-33(31)41-25-35(32,4)28-17-19-29(20-18-28)38-26-36-5/h17-22,24,32H,9-13,15,23,25-27H2,1-8H3. The first-order valence-electron chi connectivity index (χ1n) is 15.2. The Hall–Kier alpha value is -1.95. The predicted molar refractivity (Wildman–Crippen MR) is 177 cm³/mol. The summed E-state index contributed by atoms with van der Waals surface area (Å²) in [7, 11) is 1.64. The first-order chi connectivity index (χ1) is 20.0. The van der Waals surface area contributed by atoms with Gasteiger partial charge >= 0.3 is 0 Å². The second kappa shape index (κ2) is 16.2. The zero-order chi connectivity index (χ0) is 30.6. The van der Waals surface area contributed by atoms with Crippen LogP contribution in [0.4, 0.5) is 0 Å². The Morgan fingerprint density at radius 3 is 2.17 bits per heavy atom. The van der Waals surface area contributed by atoms with Gasteiger partial charge < -0.3 is 23.4 Å². The van der Waals surface area contributed by atoms with Crippen molar-refractivity contribution in [3.8, 4) is 23.3 Å². The lowest BCUT2D eigenvalue weighted by molar-refractivity contribution is 0.0508. The van der Waals surface area contributed by atoms with Crippen molar-refractivity contribution in [2.75, 3.05) is 40.2 Å². The fourth-order valence-electron chi connectivity index (χ4n) is 4.86. The summed E-state index contributed by atoms with van der Waals surface area (Å²) in [6.45, 7) is 15.3. The van der Waals surface area contributed by atoms with Crippen molar-refractivity contribution >= 4 is 20.1 Å². The molecule has 0 bridgehead atoms. The molecule has 0 saturated carbocycles. The molecule has 42 heavy (non-hydrogen) atoms. The van der Waals surface area contributed by atoms with Crippen molar-refractivity contribution in [1.29, 1.82) is 0 Å². The summed E-state index contributed by atoms with van der Waals surface area (Å²) >= 11 is 1.87. The third kappa shape index (κ3) is 9.52. The van der Waals surface area contributed by atoms with E-state index in [0.717, 1.165) is 43.1 Å². The molecular formula is C35H52O5SSi. The first-order valence-corrected chi connectivity index (χ1v) is 19.1. The molecule has 0 amide bonds. The molecule has 1 aliphatic heterocycles. The fraction of sp³-hybridized carbons (Fsp3) is 0.600. The van der Waals surface area contributed by atoms with Crippen LogP contribution in [0.3, 0.4) is 0 Å². The number of thioether (sulfide) groups is 1. The predicted octanol–water partition coefficient (Wildman–Crippen LogP) is 9.17. The Kier molecular flexibility index (Phi) is 13.3. The third-order valence-electron chi connectivity index (χ3n) is 8.62. The molecule has 2 aromatic rings. The van der Waals surface area contributed by atoms with Gasteiger partial charge in [-0.05, 0) is 66.4 Å². The highest BCUT2D eigenvalue weighted by Gasteiger charge is 2.41. The van der Waals surface area contributed by atoms with E-state index in [1.54, 1.807) is 14.2 Å². The molecule has 0 saturated heterocycles. The highest BCUT2D eigenvalue weighted by Crippen LogP contribution is 2.50. The topological polar surface area (TPSA) is 46.2 Å². The van der Waals surface area contributed by atoms with Crippen LogP contribution in [-0.4, -0.2) is 48.5 Å². The number of hydrogen-bond acceptors (Lipinski definition) is 6. The fourth-order valence-corrected chi connectivity index (χ4v) is 7.29. The summed E-state index contributed by atoms with van der Waals surface area (Å²) in [4.78, 5) is 1.24. The summed E-state index contributed by atoms with van der Waals surface area (Å²) in [5.41, 5.74) is 2.40. The summed E-state index contributed by atoms with van der Waals surface area (Å²) < 4.78 is 27.8. The summed E-state index contributed by atoms with van der Waals surface area (Å²) in [5.74, 6) is 9.96. The lowest BCUT2D eigenvalue weighted by Gasteiger charge is -2.40. The van der Waals surface area contributed by atoms with E-state index < -0.39 is 8.32 Å². The van der Waals surface area contributed by atoms with Crippen molar-refractivity contribution in [1.82, 2.24) is 0 Å². The number of fused-ring (bicyclic) bond motifs is 1. The van der Waals surface area contributed by atoms with Crippen LogP contribution in [0.25, 0.3) is 0 Å². The highest BCUT2D eigenvalue weighted by atomic mass is 32.2. The van der Waals surface area contributed by atoms with Crippen molar-refractivity contribution < 1.29 is 23.4 Å². The van der Waals surface area contributed by atoms with Crippen LogP contribution in [-0.2, 0) is 19.3 Å². The number of unbranched alkanes of at least 4 members (excludes halogenated alkanes) is 5. The van der Waals surface area contributed by atoms with Crippen LogP contribution in [0.15, 0.2) is 47.4 Å². The minimum atomic E-state index is -1.63. The van der Waals surface area contributed by atoms with Crippen LogP contribution < -0.4 is 9.47 Å². The van der Waals surface area contributed by atoms with Gasteiger partial charge in [0.05, 0.1) is 5.92 Å². The average Bonchev–Trinajstić information content (AvgIpc) is 2.96. The van der Waals surface area contributed by atoms with Crippen LogP contribution in [0.5, 0.6) is 11.5 Å². The van der Waals surface area contributed by atoms with Crippen LogP contribution in [0.2, 0.25) is 18.1 Å². The van der Waals surface area contributed by atoms with E-state index in [9.17, 15) is 0 Å². The van der Waals surface area contributed by atoms with Gasteiger partial charge in [0.15, 0.2) is 21.9 Å². The molecular weight excluding hydrogens is 561 g/mol. The Morgan fingerprint density at radius 2 is 1.50 bits per heavy atom. The number of methoxy groups -OCH3 is 2. The van der Waals surface area contributed by atoms with Gasteiger partial charge in [-0.1, -0.05) is 71.1 Å². The third-order valence-corrected chi connectivity index (χ3v) is 14.6. The smallest absolute Gasteiger partial charge is 0.191 e. The molecule has 0 spiro atoms. The maximum atomic E-state index is 6.33. The zero-order valence-corrected chi connectivity index (χ0v) is 29.0. The van der Waals surface area contributed by atoms with Gasteiger partial charge in [-0.3, -0.25) is 0 Å². The van der Waals surface area contributed by atoms with Crippen molar-refractivity contribution in [2.45, 2.75) is 101 Å². The molecule has 5 nitrogen and oxygen atoms in total. The Labute approximate surface area is 260 Å². The van der Waals surface area contributed by atoms with E-state index in [-0.39, 0.29) is 30.0 Å². The minimum absolute atomic E-state index is 0.0865. The van der Waals surface area contributed by atoms with E-state index in [4.69, 9.17) is 23.4 Å². The molecule has 0 aromatic heterocycles. The maximum absolute atomic E-state index is 6.33. The van der Waals surface area contributed by atoms with Crippen molar-refractivity contribution in [3.63, 3.8) is 0 Å². The molecule has 2 aromatic carbocycles. The Balaban J connectivity index is 1.63. The van der Waals surface area contributed by atoms with Gasteiger partial charge in [0.1, 0.15) is 11.5 Å². The maximum Gasteiger partial charge on any atom is 0.191 e. The quantitative estimate of drug-likeness (QED) is 0.0865. The summed E-state index contributed by atoms with van der Waals surface area (Å²) in [6, 6.07) is 14.8. The molecule has 3 rings (SSSR count). The second-order valence-corrected chi connectivity index (χ2v) is 18.7. The number of ether oxygens (including phenoxy) is 4. The monoisotopic (exact) mass is 612 g/mol. The van der Waals surface area contributed by atoms with E-state index in [1.807, 2.05) is 30.0 Å². The molecule has 1 aliphatic rings. The molecule has 2 atom stereocenters. The van der Waals surface area contributed by atoms with E-state index in [0.29, 0.717) is 0 Å². The SMILES string of the molecule is COCOc1ccc(C2(C)CSc3cc(OCOC)ccc3C2C#CCCCCCCCO[Si](C)(C)C(C)(C)C)cc1. The largest absolute Gasteiger partial charge is 0.468 e. The molecule has 7 heteroatoms. The molecule has 0 fully saturated rings.